The van der Waals surface area contributed by atoms with Gasteiger partial charge in [0.2, 0.25) is 0 Å². The molecule has 2 aliphatic rings. The normalized spacial score (nSPS) is 23.2. The van der Waals surface area contributed by atoms with Gasteiger partial charge in [-0.2, -0.15) is 0 Å². The molecule has 0 aliphatic carbocycles. The van der Waals surface area contributed by atoms with Crippen molar-refractivity contribution in [1.82, 2.24) is 25.2 Å². The molecular weight excluding hydrogens is 396 g/mol. The number of benzene rings is 1. The lowest BCUT2D eigenvalue weighted by molar-refractivity contribution is 0.313. The van der Waals surface area contributed by atoms with Crippen molar-refractivity contribution >= 4 is 28.3 Å². The molecular formula is C23H29ClN6. The molecule has 0 radical (unpaired) electrons. The van der Waals surface area contributed by atoms with Gasteiger partial charge in [-0.1, -0.05) is 17.7 Å². The topological polar surface area (TPSA) is 60.1 Å². The summed E-state index contributed by atoms with van der Waals surface area (Å²) in [6.45, 7) is 6.32. The summed E-state index contributed by atoms with van der Waals surface area (Å²) in [7, 11) is 2.19. The Kier molecular flexibility index (Phi) is 5.39. The number of anilines is 1. The summed E-state index contributed by atoms with van der Waals surface area (Å²) in [5.74, 6) is 1.02. The summed E-state index contributed by atoms with van der Waals surface area (Å²) in [6.07, 6.45) is 5.08. The molecule has 2 saturated heterocycles. The number of pyridine rings is 1. The van der Waals surface area contributed by atoms with Crippen LogP contribution < -0.4 is 10.2 Å². The zero-order chi connectivity index (χ0) is 20.7. The van der Waals surface area contributed by atoms with Gasteiger partial charge in [-0.05, 0) is 57.0 Å². The Labute approximate surface area is 182 Å². The third-order valence-electron chi connectivity index (χ3n) is 6.58. The van der Waals surface area contributed by atoms with Gasteiger partial charge >= 0.3 is 0 Å². The van der Waals surface area contributed by atoms with Crippen molar-refractivity contribution in [3.8, 4) is 0 Å². The van der Waals surface area contributed by atoms with Crippen LogP contribution in [0.3, 0.4) is 0 Å². The number of piperidine rings is 1. The molecule has 0 bridgehead atoms. The minimum atomic E-state index is 0.191. The molecule has 30 heavy (non-hydrogen) atoms. The van der Waals surface area contributed by atoms with Crippen LogP contribution in [0, 0.1) is 6.92 Å². The molecule has 2 aromatic heterocycles. The maximum atomic E-state index is 6.35. The Bertz CT molecular complexity index is 1040. The molecule has 1 aromatic carbocycles. The Morgan fingerprint density at radius 2 is 1.87 bits per heavy atom. The predicted molar refractivity (Wildman–Crippen MR) is 122 cm³/mol. The van der Waals surface area contributed by atoms with E-state index in [9.17, 15) is 0 Å². The highest BCUT2D eigenvalue weighted by atomic mass is 35.5. The molecule has 0 spiro atoms. The van der Waals surface area contributed by atoms with Crippen molar-refractivity contribution < 1.29 is 0 Å². The number of nitrogens with zero attached hydrogens (tertiary/aromatic N) is 4. The van der Waals surface area contributed by atoms with Crippen LogP contribution in [-0.2, 0) is 0 Å². The average molecular weight is 425 g/mol. The Balaban J connectivity index is 1.42. The molecule has 0 unspecified atom stereocenters. The molecule has 2 aliphatic heterocycles. The molecule has 7 heteroatoms. The number of aromatic nitrogens is 3. The molecule has 6 nitrogen and oxygen atoms in total. The number of likely N-dealkylation sites (N-methyl/N-ethyl adjacent to an activating group) is 1. The summed E-state index contributed by atoms with van der Waals surface area (Å²) in [5, 5.41) is 4.57. The van der Waals surface area contributed by atoms with Crippen LogP contribution in [0.1, 0.15) is 48.4 Å². The van der Waals surface area contributed by atoms with Crippen LogP contribution in [0.15, 0.2) is 30.5 Å². The number of nitrogens with one attached hydrogen (secondary N) is 2. The standard InChI is InChI=1S/C23H29ClN6/c1-15-16(24)9-10-25-21(15)17-5-3-7-19(26-17)23-27-18-6-4-8-20(22(18)28-23)30-13-11-29(2)12-14-30/h4,6,8-10,17,19,26H,3,5,7,11-14H2,1-2H3,(H,27,28)/t17-,19+/m0/s1. The Morgan fingerprint density at radius 3 is 2.70 bits per heavy atom. The van der Waals surface area contributed by atoms with Gasteiger partial charge in [0.25, 0.3) is 0 Å². The average Bonchev–Trinajstić information content (AvgIpc) is 3.21. The highest BCUT2D eigenvalue weighted by molar-refractivity contribution is 6.31. The first-order valence-corrected chi connectivity index (χ1v) is 11.3. The summed E-state index contributed by atoms with van der Waals surface area (Å²) in [6, 6.07) is 8.72. The fraction of sp³-hybridized carbons (Fsp3) is 0.478. The number of fused-ring (bicyclic) bond motifs is 1. The van der Waals surface area contributed by atoms with Crippen molar-refractivity contribution in [2.45, 2.75) is 38.3 Å². The molecule has 2 atom stereocenters. The van der Waals surface area contributed by atoms with E-state index in [1.807, 2.05) is 6.07 Å². The third-order valence-corrected chi connectivity index (χ3v) is 6.99. The van der Waals surface area contributed by atoms with Gasteiger partial charge in [0.1, 0.15) is 11.3 Å². The third kappa shape index (κ3) is 3.68. The number of imidazole rings is 1. The smallest absolute Gasteiger partial charge is 0.124 e. The van der Waals surface area contributed by atoms with Crippen LogP contribution in [0.4, 0.5) is 5.69 Å². The lowest BCUT2D eigenvalue weighted by atomic mass is 9.94. The number of hydrogen-bond donors (Lipinski definition) is 2. The van der Waals surface area contributed by atoms with E-state index in [-0.39, 0.29) is 12.1 Å². The van der Waals surface area contributed by atoms with Crippen molar-refractivity contribution in [3.05, 3.63) is 52.6 Å². The second kappa shape index (κ2) is 8.17. The van der Waals surface area contributed by atoms with Crippen molar-refractivity contribution in [2.24, 2.45) is 0 Å². The second-order valence-corrected chi connectivity index (χ2v) is 9.00. The quantitative estimate of drug-likeness (QED) is 0.659. The van der Waals surface area contributed by atoms with Crippen LogP contribution in [0.2, 0.25) is 5.02 Å². The molecule has 3 aromatic rings. The van der Waals surface area contributed by atoms with Gasteiger partial charge in [0.05, 0.1) is 29.0 Å². The highest BCUT2D eigenvalue weighted by Crippen LogP contribution is 2.35. The fourth-order valence-corrected chi connectivity index (χ4v) is 4.90. The van der Waals surface area contributed by atoms with Gasteiger partial charge in [0.15, 0.2) is 0 Å². The van der Waals surface area contributed by atoms with Crippen LogP contribution in [0.25, 0.3) is 11.0 Å². The highest BCUT2D eigenvalue weighted by Gasteiger charge is 2.28. The molecule has 0 saturated carbocycles. The van der Waals surface area contributed by atoms with Gasteiger partial charge in [-0.15, -0.1) is 0 Å². The van der Waals surface area contributed by atoms with Crippen molar-refractivity contribution in [3.63, 3.8) is 0 Å². The second-order valence-electron chi connectivity index (χ2n) is 8.59. The molecule has 4 heterocycles. The number of rotatable bonds is 3. The van der Waals surface area contributed by atoms with Crippen LogP contribution in [-0.4, -0.2) is 53.1 Å². The maximum absolute atomic E-state index is 6.35. The summed E-state index contributed by atoms with van der Waals surface area (Å²) >= 11 is 6.35. The van der Waals surface area contributed by atoms with Gasteiger partial charge in [-0.25, -0.2) is 4.98 Å². The van der Waals surface area contributed by atoms with E-state index >= 15 is 0 Å². The van der Waals surface area contributed by atoms with E-state index in [4.69, 9.17) is 16.6 Å². The van der Waals surface area contributed by atoms with E-state index in [0.717, 1.165) is 78.6 Å². The number of hydrogen-bond acceptors (Lipinski definition) is 5. The molecule has 2 N–H and O–H groups in total. The minimum absolute atomic E-state index is 0.191. The zero-order valence-electron chi connectivity index (χ0n) is 17.7. The summed E-state index contributed by atoms with van der Waals surface area (Å²) in [4.78, 5) is 18.1. The first kappa shape index (κ1) is 19.8. The fourth-order valence-electron chi connectivity index (χ4n) is 4.75. The van der Waals surface area contributed by atoms with Gasteiger partial charge in [0, 0.05) is 37.4 Å². The molecule has 0 amide bonds. The minimum Gasteiger partial charge on any atom is -0.367 e. The SMILES string of the molecule is Cc1c(Cl)ccnc1[C@@H]1CCC[C@H](c2nc3c(N4CCN(C)CC4)cccc3[nH]2)N1. The maximum Gasteiger partial charge on any atom is 0.124 e. The molecule has 158 valence electrons. The Morgan fingerprint density at radius 1 is 1.07 bits per heavy atom. The van der Waals surface area contributed by atoms with E-state index in [2.05, 4.69) is 57.3 Å². The molecule has 5 rings (SSSR count). The summed E-state index contributed by atoms with van der Waals surface area (Å²) in [5.41, 5.74) is 5.56. The van der Waals surface area contributed by atoms with Gasteiger partial charge < -0.3 is 14.8 Å². The lowest BCUT2D eigenvalue weighted by Gasteiger charge is -2.34. The van der Waals surface area contributed by atoms with Gasteiger partial charge in [-0.3, -0.25) is 10.3 Å². The summed E-state index contributed by atoms with van der Waals surface area (Å²) < 4.78 is 0. The van der Waals surface area contributed by atoms with Crippen molar-refractivity contribution in [2.75, 3.05) is 38.1 Å². The first-order valence-electron chi connectivity index (χ1n) is 10.9. The van der Waals surface area contributed by atoms with E-state index in [0.29, 0.717) is 0 Å². The molecule has 2 fully saturated rings. The number of piperazine rings is 1. The zero-order valence-corrected chi connectivity index (χ0v) is 18.4. The van der Waals surface area contributed by atoms with Crippen LogP contribution >= 0.6 is 11.6 Å². The number of H-pyrrole nitrogens is 1. The number of para-hydroxylation sites is 1. The van der Waals surface area contributed by atoms with E-state index in [1.165, 1.54) is 5.69 Å². The largest absolute Gasteiger partial charge is 0.367 e. The number of halogens is 1. The Hall–Kier alpha value is -2.15. The first-order chi connectivity index (χ1) is 14.6. The number of aromatic amines is 1. The van der Waals surface area contributed by atoms with E-state index < -0.39 is 0 Å². The van der Waals surface area contributed by atoms with E-state index in [1.54, 1.807) is 6.20 Å². The predicted octanol–water partition coefficient (Wildman–Crippen LogP) is 4.23. The van der Waals surface area contributed by atoms with Crippen molar-refractivity contribution in [1.29, 1.82) is 0 Å². The van der Waals surface area contributed by atoms with Crippen LogP contribution in [0.5, 0.6) is 0 Å². The monoisotopic (exact) mass is 424 g/mol. The lowest BCUT2D eigenvalue weighted by Crippen LogP contribution is -2.44.